The van der Waals surface area contributed by atoms with Gasteiger partial charge in [-0.3, -0.25) is 9.20 Å². The Morgan fingerprint density at radius 1 is 1.28 bits per heavy atom. The molecule has 2 unspecified atom stereocenters. The van der Waals surface area contributed by atoms with Crippen LogP contribution in [0, 0.1) is 12.8 Å². The fourth-order valence-electron chi connectivity index (χ4n) is 4.46. The Morgan fingerprint density at radius 3 is 3.08 bits per heavy atom. The summed E-state index contributed by atoms with van der Waals surface area (Å²) >= 11 is 0. The second-order valence-corrected chi connectivity index (χ2v) is 7.32. The molecule has 2 aromatic heterocycles. The van der Waals surface area contributed by atoms with E-state index < -0.39 is 0 Å². The molecule has 2 atom stereocenters. The van der Waals surface area contributed by atoms with Crippen LogP contribution in [-0.2, 0) is 11.8 Å². The summed E-state index contributed by atoms with van der Waals surface area (Å²) in [6.07, 6.45) is 5.39. The van der Waals surface area contributed by atoms with E-state index >= 15 is 0 Å². The smallest absolute Gasteiger partial charge is 0.252 e. The van der Waals surface area contributed by atoms with Gasteiger partial charge in [-0.25, -0.2) is 0 Å². The van der Waals surface area contributed by atoms with Gasteiger partial charge < -0.3 is 5.32 Å². The van der Waals surface area contributed by atoms with Crippen LogP contribution in [0.2, 0.25) is 0 Å². The Hall–Kier alpha value is -2.69. The molecular weight excluding hydrogens is 312 g/mol. The first-order valence-electron chi connectivity index (χ1n) is 8.85. The number of carbonyl (C=O) groups excluding carboxylic acids is 1. The standard InChI is InChI=1S/C20H20N4O/c1-13-22-23-18-7-6-15(12-24(13)18)19(25)21-11-16-10-20(16)9-8-14-4-2-3-5-17(14)20/h2-7,12,16H,8-11H2,1H3,(H,21,25). The van der Waals surface area contributed by atoms with E-state index in [4.69, 9.17) is 0 Å². The van der Waals surface area contributed by atoms with Crippen LogP contribution in [0.4, 0.5) is 0 Å². The van der Waals surface area contributed by atoms with E-state index in [1.807, 2.05) is 29.7 Å². The van der Waals surface area contributed by atoms with Crippen molar-refractivity contribution in [3.05, 3.63) is 65.1 Å². The van der Waals surface area contributed by atoms with Gasteiger partial charge in [-0.2, -0.15) is 0 Å². The molecule has 5 nitrogen and oxygen atoms in total. The van der Waals surface area contributed by atoms with Gasteiger partial charge >= 0.3 is 0 Å². The summed E-state index contributed by atoms with van der Waals surface area (Å²) in [6, 6.07) is 12.4. The van der Waals surface area contributed by atoms with Gasteiger partial charge in [0.1, 0.15) is 5.82 Å². The van der Waals surface area contributed by atoms with Crippen molar-refractivity contribution >= 4 is 11.6 Å². The highest BCUT2D eigenvalue weighted by molar-refractivity contribution is 5.94. The average Bonchev–Trinajstić information content (AvgIpc) is 3.04. The molecule has 1 aromatic carbocycles. The largest absolute Gasteiger partial charge is 0.352 e. The van der Waals surface area contributed by atoms with Gasteiger partial charge in [0, 0.05) is 18.2 Å². The highest BCUT2D eigenvalue weighted by atomic mass is 16.1. The molecule has 2 aliphatic rings. The number of pyridine rings is 1. The molecule has 1 spiro atoms. The molecule has 1 fully saturated rings. The quantitative estimate of drug-likeness (QED) is 0.802. The SMILES string of the molecule is Cc1nnc2ccc(C(=O)NCC3CC34CCc3ccccc34)cn12. The molecular formula is C20H20N4O. The molecule has 5 rings (SSSR count). The highest BCUT2D eigenvalue weighted by Crippen LogP contribution is 2.61. The third-order valence-electron chi connectivity index (χ3n) is 5.97. The van der Waals surface area contributed by atoms with Gasteiger partial charge in [0.05, 0.1) is 5.56 Å². The van der Waals surface area contributed by atoms with Crippen molar-refractivity contribution in [3.63, 3.8) is 0 Å². The molecule has 3 aromatic rings. The van der Waals surface area contributed by atoms with Crippen molar-refractivity contribution in [2.24, 2.45) is 5.92 Å². The predicted molar refractivity (Wildman–Crippen MR) is 94.6 cm³/mol. The molecule has 126 valence electrons. The van der Waals surface area contributed by atoms with Gasteiger partial charge in [-0.15, -0.1) is 10.2 Å². The Kier molecular flexibility index (Phi) is 3.02. The van der Waals surface area contributed by atoms with Gasteiger partial charge in [0.25, 0.3) is 5.91 Å². The summed E-state index contributed by atoms with van der Waals surface area (Å²) in [5, 5.41) is 11.2. The maximum Gasteiger partial charge on any atom is 0.252 e. The molecule has 2 aliphatic carbocycles. The summed E-state index contributed by atoms with van der Waals surface area (Å²) in [7, 11) is 0. The van der Waals surface area contributed by atoms with Crippen LogP contribution in [-0.4, -0.2) is 27.0 Å². The summed E-state index contributed by atoms with van der Waals surface area (Å²) in [6.45, 7) is 2.62. The maximum absolute atomic E-state index is 12.5. The number of aromatic nitrogens is 3. The third kappa shape index (κ3) is 2.18. The van der Waals surface area contributed by atoms with Crippen molar-refractivity contribution in [1.82, 2.24) is 19.9 Å². The first-order valence-corrected chi connectivity index (χ1v) is 8.85. The Balaban J connectivity index is 1.29. The van der Waals surface area contributed by atoms with Crippen LogP contribution in [0.5, 0.6) is 0 Å². The lowest BCUT2D eigenvalue weighted by molar-refractivity contribution is 0.0950. The molecule has 25 heavy (non-hydrogen) atoms. The highest BCUT2D eigenvalue weighted by Gasteiger charge is 2.57. The van der Waals surface area contributed by atoms with E-state index in [0.717, 1.165) is 18.0 Å². The molecule has 0 saturated heterocycles. The number of benzene rings is 1. The fraction of sp³-hybridized carbons (Fsp3) is 0.350. The van der Waals surface area contributed by atoms with Gasteiger partial charge in [-0.05, 0) is 55.4 Å². The number of fused-ring (bicyclic) bond motifs is 3. The zero-order valence-electron chi connectivity index (χ0n) is 14.2. The van der Waals surface area contributed by atoms with Gasteiger partial charge in [-0.1, -0.05) is 24.3 Å². The number of nitrogens with one attached hydrogen (secondary N) is 1. The number of rotatable bonds is 3. The van der Waals surface area contributed by atoms with Crippen molar-refractivity contribution in [2.45, 2.75) is 31.6 Å². The normalized spacial score (nSPS) is 23.8. The minimum Gasteiger partial charge on any atom is -0.352 e. The zero-order chi connectivity index (χ0) is 17.0. The molecule has 1 saturated carbocycles. The third-order valence-corrected chi connectivity index (χ3v) is 5.97. The fourth-order valence-corrected chi connectivity index (χ4v) is 4.46. The molecule has 0 bridgehead atoms. The molecule has 0 aliphatic heterocycles. The van der Waals surface area contributed by atoms with E-state index in [0.29, 0.717) is 16.9 Å². The van der Waals surface area contributed by atoms with E-state index in [9.17, 15) is 4.79 Å². The first-order chi connectivity index (χ1) is 12.2. The lowest BCUT2D eigenvalue weighted by Crippen LogP contribution is -2.27. The van der Waals surface area contributed by atoms with E-state index in [-0.39, 0.29) is 5.91 Å². The van der Waals surface area contributed by atoms with E-state index in [2.05, 4.69) is 39.8 Å². The summed E-state index contributed by atoms with van der Waals surface area (Å²) < 4.78 is 1.85. The second-order valence-electron chi connectivity index (χ2n) is 7.32. The summed E-state index contributed by atoms with van der Waals surface area (Å²) in [4.78, 5) is 12.5. The lowest BCUT2D eigenvalue weighted by Gasteiger charge is -2.12. The zero-order valence-corrected chi connectivity index (χ0v) is 14.2. The van der Waals surface area contributed by atoms with E-state index in [1.54, 1.807) is 0 Å². The number of aryl methyl sites for hydroxylation is 2. The Bertz CT molecular complexity index is 992. The number of carbonyl (C=O) groups is 1. The molecule has 0 radical (unpaired) electrons. The van der Waals surface area contributed by atoms with Crippen LogP contribution < -0.4 is 5.32 Å². The van der Waals surface area contributed by atoms with Crippen LogP contribution in [0.3, 0.4) is 0 Å². The van der Waals surface area contributed by atoms with Crippen LogP contribution >= 0.6 is 0 Å². The lowest BCUT2D eigenvalue weighted by atomic mass is 9.95. The van der Waals surface area contributed by atoms with Crippen molar-refractivity contribution in [1.29, 1.82) is 0 Å². The Labute approximate surface area is 146 Å². The van der Waals surface area contributed by atoms with Crippen LogP contribution in [0.15, 0.2) is 42.6 Å². The maximum atomic E-state index is 12.5. The average molecular weight is 332 g/mol. The minimum absolute atomic E-state index is 0.0247. The number of hydrogen-bond acceptors (Lipinski definition) is 3. The first kappa shape index (κ1) is 14.6. The van der Waals surface area contributed by atoms with Crippen LogP contribution in [0.25, 0.3) is 5.65 Å². The van der Waals surface area contributed by atoms with Gasteiger partial charge in [0.2, 0.25) is 0 Å². The van der Waals surface area contributed by atoms with Crippen molar-refractivity contribution < 1.29 is 4.79 Å². The molecule has 1 amide bonds. The number of amides is 1. The number of nitrogens with zero attached hydrogens (tertiary/aromatic N) is 3. The molecule has 5 heteroatoms. The van der Waals surface area contributed by atoms with Crippen molar-refractivity contribution in [2.75, 3.05) is 6.54 Å². The topological polar surface area (TPSA) is 59.3 Å². The van der Waals surface area contributed by atoms with Crippen LogP contribution in [0.1, 0.15) is 40.2 Å². The predicted octanol–water partition coefficient (Wildman–Crippen LogP) is 2.67. The summed E-state index contributed by atoms with van der Waals surface area (Å²) in [5.74, 6) is 1.32. The summed E-state index contributed by atoms with van der Waals surface area (Å²) in [5.41, 5.74) is 4.73. The van der Waals surface area contributed by atoms with E-state index in [1.165, 1.54) is 30.4 Å². The van der Waals surface area contributed by atoms with Gasteiger partial charge in [0.15, 0.2) is 5.65 Å². The van der Waals surface area contributed by atoms with Crippen molar-refractivity contribution in [3.8, 4) is 0 Å². The Morgan fingerprint density at radius 2 is 2.16 bits per heavy atom. The number of hydrogen-bond donors (Lipinski definition) is 1. The molecule has 2 heterocycles. The monoisotopic (exact) mass is 332 g/mol. The second kappa shape index (κ2) is 5.15. The molecule has 1 N–H and O–H groups in total. The minimum atomic E-state index is -0.0247.